The summed E-state index contributed by atoms with van der Waals surface area (Å²) in [5, 5.41) is 22.1. The Morgan fingerprint density at radius 1 is 1.00 bits per heavy atom. The van der Waals surface area contributed by atoms with Crippen LogP contribution in [-0.4, -0.2) is 51.8 Å². The van der Waals surface area contributed by atoms with E-state index in [2.05, 4.69) is 10.6 Å². The van der Waals surface area contributed by atoms with E-state index in [0.29, 0.717) is 0 Å². The molecule has 120 valence electrons. The standard InChI is InChI=1S/C12H20N2O7/c1-6(15)13-7(9(16)17)5-8(10(18)19)14-11(20)21-12(2,3)4/h7-8H,5H2,1-4H3,(H,13,15)(H,14,20)(H,16,17)(H,18,19)/t7-,8+/m0/s1. The SMILES string of the molecule is CC(=O)N[C@@H](C[C@@H](NC(=O)OC(C)(C)C)C(=O)O)C(=O)O. The zero-order chi connectivity index (χ0) is 16.8. The van der Waals surface area contributed by atoms with Crippen molar-refractivity contribution in [3.8, 4) is 0 Å². The van der Waals surface area contributed by atoms with Gasteiger partial charge in [0.2, 0.25) is 5.91 Å². The van der Waals surface area contributed by atoms with Crippen molar-refractivity contribution in [1.29, 1.82) is 0 Å². The summed E-state index contributed by atoms with van der Waals surface area (Å²) in [6, 6.07) is -2.94. The molecule has 0 saturated carbocycles. The number of hydrogen-bond acceptors (Lipinski definition) is 5. The summed E-state index contributed by atoms with van der Waals surface area (Å²) in [6.45, 7) is 5.89. The van der Waals surface area contributed by atoms with Crippen molar-refractivity contribution < 1.29 is 34.1 Å². The van der Waals surface area contributed by atoms with Gasteiger partial charge in [-0.3, -0.25) is 4.79 Å². The molecule has 0 aromatic heterocycles. The van der Waals surface area contributed by atoms with E-state index in [-0.39, 0.29) is 0 Å². The minimum Gasteiger partial charge on any atom is -0.480 e. The summed E-state index contributed by atoms with van der Waals surface area (Å²) in [6.07, 6.45) is -1.49. The molecule has 0 unspecified atom stereocenters. The summed E-state index contributed by atoms with van der Waals surface area (Å²) in [7, 11) is 0. The molecule has 0 aromatic rings. The minimum absolute atomic E-state index is 0.510. The lowest BCUT2D eigenvalue weighted by Gasteiger charge is -2.23. The van der Waals surface area contributed by atoms with Crippen molar-refractivity contribution in [2.24, 2.45) is 0 Å². The first kappa shape index (κ1) is 18.7. The summed E-state index contributed by atoms with van der Waals surface area (Å²) in [5.41, 5.74) is -0.822. The van der Waals surface area contributed by atoms with E-state index in [4.69, 9.17) is 14.9 Å². The number of carbonyl (C=O) groups is 4. The number of carboxylic acid groups (broad SMARTS) is 2. The number of ether oxygens (including phenoxy) is 1. The van der Waals surface area contributed by atoms with Crippen LogP contribution in [0.15, 0.2) is 0 Å². The van der Waals surface area contributed by atoms with Crippen LogP contribution in [-0.2, 0) is 19.1 Å². The van der Waals surface area contributed by atoms with E-state index >= 15 is 0 Å². The Bertz CT molecular complexity index is 428. The third-order valence-electron chi connectivity index (χ3n) is 2.14. The van der Waals surface area contributed by atoms with Crippen molar-refractivity contribution in [3.05, 3.63) is 0 Å². The zero-order valence-electron chi connectivity index (χ0n) is 12.3. The van der Waals surface area contributed by atoms with Crippen molar-refractivity contribution in [2.45, 2.75) is 51.8 Å². The molecule has 0 aliphatic carbocycles. The summed E-state index contributed by atoms with van der Waals surface area (Å²) < 4.78 is 4.89. The van der Waals surface area contributed by atoms with Crippen LogP contribution < -0.4 is 10.6 Å². The maximum atomic E-state index is 11.5. The van der Waals surface area contributed by atoms with Crippen molar-refractivity contribution in [1.82, 2.24) is 10.6 Å². The molecule has 2 amide bonds. The first-order valence-corrected chi connectivity index (χ1v) is 6.14. The monoisotopic (exact) mass is 304 g/mol. The van der Waals surface area contributed by atoms with E-state index in [9.17, 15) is 19.2 Å². The lowest BCUT2D eigenvalue weighted by molar-refractivity contribution is -0.144. The van der Waals surface area contributed by atoms with Gasteiger partial charge in [-0.25, -0.2) is 14.4 Å². The highest BCUT2D eigenvalue weighted by molar-refractivity contribution is 5.84. The van der Waals surface area contributed by atoms with Crippen molar-refractivity contribution in [3.63, 3.8) is 0 Å². The van der Waals surface area contributed by atoms with Crippen LogP contribution in [0.1, 0.15) is 34.1 Å². The average Bonchev–Trinajstić information content (AvgIpc) is 2.23. The Morgan fingerprint density at radius 2 is 1.43 bits per heavy atom. The predicted octanol–water partition coefficient (Wildman–Crippen LogP) is -0.0563. The van der Waals surface area contributed by atoms with Gasteiger partial charge in [0.25, 0.3) is 0 Å². The molecule has 0 heterocycles. The molecule has 9 heteroatoms. The second-order valence-corrected chi connectivity index (χ2v) is 5.36. The Hall–Kier alpha value is -2.32. The number of carbonyl (C=O) groups excluding carboxylic acids is 2. The molecule has 9 nitrogen and oxygen atoms in total. The number of aliphatic carboxylic acids is 2. The van der Waals surface area contributed by atoms with Gasteiger partial charge >= 0.3 is 18.0 Å². The van der Waals surface area contributed by atoms with Gasteiger partial charge in [-0.1, -0.05) is 0 Å². The fourth-order valence-corrected chi connectivity index (χ4v) is 1.37. The predicted molar refractivity (Wildman–Crippen MR) is 70.7 cm³/mol. The van der Waals surface area contributed by atoms with Crippen molar-refractivity contribution >= 4 is 23.9 Å². The summed E-state index contributed by atoms with van der Waals surface area (Å²) >= 11 is 0. The molecule has 0 radical (unpaired) electrons. The van der Waals surface area contributed by atoms with Crippen LogP contribution in [0, 0.1) is 0 Å². The largest absolute Gasteiger partial charge is 0.480 e. The Balaban J connectivity index is 4.82. The van der Waals surface area contributed by atoms with Gasteiger partial charge in [-0.2, -0.15) is 0 Å². The lowest BCUT2D eigenvalue weighted by Crippen LogP contribution is -2.50. The van der Waals surface area contributed by atoms with E-state index in [1.807, 2.05) is 0 Å². The maximum Gasteiger partial charge on any atom is 0.408 e. The molecule has 0 rings (SSSR count). The second-order valence-electron chi connectivity index (χ2n) is 5.36. The van der Waals surface area contributed by atoms with Crippen LogP contribution in [0.5, 0.6) is 0 Å². The van der Waals surface area contributed by atoms with Gasteiger partial charge in [-0.05, 0) is 20.8 Å². The topological polar surface area (TPSA) is 142 Å². The molecule has 0 bridgehead atoms. The third-order valence-corrected chi connectivity index (χ3v) is 2.14. The highest BCUT2D eigenvalue weighted by Gasteiger charge is 2.30. The molecule has 0 spiro atoms. The summed E-state index contributed by atoms with van der Waals surface area (Å²) in [5.74, 6) is -3.45. The average molecular weight is 304 g/mol. The molecule has 0 fully saturated rings. The zero-order valence-corrected chi connectivity index (χ0v) is 12.3. The fraction of sp³-hybridized carbons (Fsp3) is 0.667. The molecule has 0 saturated heterocycles. The van der Waals surface area contributed by atoms with Gasteiger partial charge in [-0.15, -0.1) is 0 Å². The molecular formula is C12H20N2O7. The highest BCUT2D eigenvalue weighted by Crippen LogP contribution is 2.08. The van der Waals surface area contributed by atoms with Gasteiger partial charge in [0.05, 0.1) is 0 Å². The second kappa shape index (κ2) is 7.46. The fourth-order valence-electron chi connectivity index (χ4n) is 1.37. The number of hydrogen-bond donors (Lipinski definition) is 4. The number of alkyl carbamates (subject to hydrolysis) is 1. The third kappa shape index (κ3) is 8.45. The Kier molecular flexibility index (Phi) is 6.64. The molecule has 4 N–H and O–H groups in total. The molecular weight excluding hydrogens is 284 g/mol. The number of amides is 2. The van der Waals surface area contributed by atoms with E-state index in [1.165, 1.54) is 0 Å². The molecule has 0 aromatic carbocycles. The van der Waals surface area contributed by atoms with Crippen LogP contribution in [0.3, 0.4) is 0 Å². The quantitative estimate of drug-likeness (QED) is 0.538. The van der Waals surface area contributed by atoms with E-state index < -0.39 is 48.0 Å². The molecule has 0 aliphatic rings. The minimum atomic E-state index is -1.51. The van der Waals surface area contributed by atoms with Gasteiger partial charge in [0.15, 0.2) is 0 Å². The van der Waals surface area contributed by atoms with Gasteiger partial charge < -0.3 is 25.6 Å². The van der Waals surface area contributed by atoms with E-state index in [0.717, 1.165) is 6.92 Å². The Labute approximate surface area is 121 Å². The number of carboxylic acids is 2. The summed E-state index contributed by atoms with van der Waals surface area (Å²) in [4.78, 5) is 44.4. The van der Waals surface area contributed by atoms with Crippen LogP contribution in [0.25, 0.3) is 0 Å². The first-order valence-electron chi connectivity index (χ1n) is 6.14. The van der Waals surface area contributed by atoms with Gasteiger partial charge in [0.1, 0.15) is 17.7 Å². The van der Waals surface area contributed by atoms with Crippen LogP contribution in [0.2, 0.25) is 0 Å². The smallest absolute Gasteiger partial charge is 0.408 e. The number of rotatable bonds is 6. The van der Waals surface area contributed by atoms with E-state index in [1.54, 1.807) is 20.8 Å². The normalized spacial score (nSPS) is 13.7. The van der Waals surface area contributed by atoms with Crippen molar-refractivity contribution in [2.75, 3.05) is 0 Å². The van der Waals surface area contributed by atoms with Gasteiger partial charge in [0, 0.05) is 13.3 Å². The first-order chi connectivity index (χ1) is 9.42. The lowest BCUT2D eigenvalue weighted by atomic mass is 10.1. The highest BCUT2D eigenvalue weighted by atomic mass is 16.6. The molecule has 0 aliphatic heterocycles. The molecule has 2 atom stereocenters. The number of nitrogens with one attached hydrogen (secondary N) is 2. The Morgan fingerprint density at radius 3 is 1.76 bits per heavy atom. The molecule has 21 heavy (non-hydrogen) atoms. The maximum absolute atomic E-state index is 11.5. The van der Waals surface area contributed by atoms with Crippen LogP contribution in [0.4, 0.5) is 4.79 Å². The van der Waals surface area contributed by atoms with Crippen LogP contribution >= 0.6 is 0 Å².